The zero-order chi connectivity index (χ0) is 19.4. The fourth-order valence-corrected chi connectivity index (χ4v) is 3.04. The van der Waals surface area contributed by atoms with E-state index in [1.54, 1.807) is 48.7 Å². The Labute approximate surface area is 156 Å². The van der Waals surface area contributed by atoms with E-state index >= 15 is 0 Å². The lowest BCUT2D eigenvalue weighted by Crippen LogP contribution is -2.32. The van der Waals surface area contributed by atoms with Crippen molar-refractivity contribution >= 4 is 29.0 Å². The molecule has 0 aliphatic heterocycles. The Morgan fingerprint density at radius 2 is 1.96 bits per heavy atom. The summed E-state index contributed by atoms with van der Waals surface area (Å²) in [6.07, 6.45) is 4.09. The Balaban J connectivity index is 1.69. The number of nitrogens with one attached hydrogen (secondary N) is 1. The van der Waals surface area contributed by atoms with Gasteiger partial charge in [-0.15, -0.1) is 0 Å². The number of fused-ring (bicyclic) bond motifs is 1. The zero-order valence-corrected chi connectivity index (χ0v) is 14.8. The molecule has 0 aliphatic carbocycles. The van der Waals surface area contributed by atoms with Gasteiger partial charge >= 0.3 is 6.09 Å². The summed E-state index contributed by atoms with van der Waals surface area (Å²) in [5, 5.41) is 22.5. The summed E-state index contributed by atoms with van der Waals surface area (Å²) in [6.45, 7) is 1.87. The maximum absolute atomic E-state index is 12.1. The number of hydrogen-bond donors (Lipinski definition) is 3. The van der Waals surface area contributed by atoms with Crippen LogP contribution in [0.25, 0.3) is 17.0 Å². The van der Waals surface area contributed by atoms with Crippen molar-refractivity contribution in [2.24, 2.45) is 0 Å². The molecule has 0 aliphatic rings. The third-order valence-corrected chi connectivity index (χ3v) is 4.21. The molecule has 1 aromatic heterocycles. The van der Waals surface area contributed by atoms with Crippen molar-refractivity contribution < 1.29 is 19.8 Å². The van der Waals surface area contributed by atoms with Gasteiger partial charge in [0.15, 0.2) is 0 Å². The molecule has 1 heterocycles. The second kappa shape index (κ2) is 7.78. The number of rotatable bonds is 5. The van der Waals surface area contributed by atoms with E-state index in [0.29, 0.717) is 11.9 Å². The van der Waals surface area contributed by atoms with Crippen LogP contribution >= 0.6 is 0 Å². The summed E-state index contributed by atoms with van der Waals surface area (Å²) >= 11 is 0. The summed E-state index contributed by atoms with van der Waals surface area (Å²) in [4.78, 5) is 23.5. The van der Waals surface area contributed by atoms with Gasteiger partial charge in [0.25, 0.3) is 0 Å². The smallest absolute Gasteiger partial charge is 0.416 e. The molecule has 3 N–H and O–H groups in total. The largest absolute Gasteiger partial charge is 0.508 e. The Hall–Kier alpha value is -3.54. The summed E-state index contributed by atoms with van der Waals surface area (Å²) < 4.78 is 1.20. The minimum absolute atomic E-state index is 0.140. The second-order valence-electron chi connectivity index (χ2n) is 6.37. The normalized spacial score (nSPS) is 12.3. The monoisotopic (exact) mass is 364 g/mol. The van der Waals surface area contributed by atoms with E-state index in [2.05, 4.69) is 5.32 Å². The van der Waals surface area contributed by atoms with Gasteiger partial charge in [-0.1, -0.05) is 30.3 Å². The average Bonchev–Trinajstić information content (AvgIpc) is 2.99. The van der Waals surface area contributed by atoms with Crippen LogP contribution in [0.4, 0.5) is 4.79 Å². The number of carbonyl (C=O) groups is 2. The van der Waals surface area contributed by atoms with Gasteiger partial charge in [-0.25, -0.2) is 4.79 Å². The first-order valence-electron chi connectivity index (χ1n) is 8.54. The van der Waals surface area contributed by atoms with E-state index in [0.717, 1.165) is 16.5 Å². The number of aromatic hydroxyl groups is 1. The molecule has 138 valence electrons. The van der Waals surface area contributed by atoms with Gasteiger partial charge in [-0.05, 0) is 48.7 Å². The molecule has 1 amide bonds. The fourth-order valence-electron chi connectivity index (χ4n) is 3.04. The molecule has 1 atom stereocenters. The van der Waals surface area contributed by atoms with Crippen molar-refractivity contribution in [3.05, 3.63) is 71.9 Å². The third-order valence-electron chi connectivity index (χ3n) is 4.21. The van der Waals surface area contributed by atoms with E-state index in [4.69, 9.17) is 0 Å². The summed E-state index contributed by atoms with van der Waals surface area (Å²) in [5.41, 5.74) is 2.21. The van der Waals surface area contributed by atoms with E-state index in [-0.39, 0.29) is 17.7 Å². The highest BCUT2D eigenvalue weighted by Gasteiger charge is 2.15. The lowest BCUT2D eigenvalue weighted by molar-refractivity contribution is -0.117. The van der Waals surface area contributed by atoms with Gasteiger partial charge in [0.1, 0.15) is 5.75 Å². The Morgan fingerprint density at radius 3 is 2.70 bits per heavy atom. The van der Waals surface area contributed by atoms with Crippen molar-refractivity contribution in [3.63, 3.8) is 0 Å². The molecular formula is C21H20N2O4. The molecule has 3 aromatic rings. The molecule has 6 heteroatoms. The number of hydrogen-bond acceptors (Lipinski definition) is 3. The van der Waals surface area contributed by atoms with E-state index in [1.807, 2.05) is 19.1 Å². The molecule has 0 fully saturated rings. The number of para-hydroxylation sites is 1. The Bertz CT molecular complexity index is 1020. The number of phenols is 1. The van der Waals surface area contributed by atoms with Gasteiger partial charge in [0.2, 0.25) is 5.91 Å². The lowest BCUT2D eigenvalue weighted by atomic mass is 10.1. The summed E-state index contributed by atoms with van der Waals surface area (Å²) in [6, 6.07) is 13.7. The predicted octanol–water partition coefficient (Wildman–Crippen LogP) is 3.63. The van der Waals surface area contributed by atoms with Crippen LogP contribution in [0.15, 0.2) is 60.8 Å². The Morgan fingerprint density at radius 1 is 1.19 bits per heavy atom. The van der Waals surface area contributed by atoms with Crippen LogP contribution in [0.3, 0.4) is 0 Å². The van der Waals surface area contributed by atoms with Crippen molar-refractivity contribution in [2.45, 2.75) is 19.4 Å². The molecule has 0 unspecified atom stereocenters. The number of phenolic OH excluding ortho intramolecular Hbond substituents is 1. The molecule has 3 rings (SSSR count). The van der Waals surface area contributed by atoms with Gasteiger partial charge in [0.05, 0.1) is 5.52 Å². The molecule has 27 heavy (non-hydrogen) atoms. The van der Waals surface area contributed by atoms with E-state index < -0.39 is 6.09 Å². The first kappa shape index (κ1) is 18.3. The van der Waals surface area contributed by atoms with Crippen molar-refractivity contribution in [1.82, 2.24) is 9.88 Å². The molecule has 0 saturated carbocycles. The van der Waals surface area contributed by atoms with Crippen LogP contribution in [0.5, 0.6) is 5.75 Å². The molecular weight excluding hydrogens is 344 g/mol. The van der Waals surface area contributed by atoms with E-state index in [9.17, 15) is 19.8 Å². The summed E-state index contributed by atoms with van der Waals surface area (Å²) in [5.74, 6) is -0.117. The number of benzene rings is 2. The zero-order valence-electron chi connectivity index (χ0n) is 14.8. The second-order valence-corrected chi connectivity index (χ2v) is 6.37. The van der Waals surface area contributed by atoms with Crippen molar-refractivity contribution in [2.75, 3.05) is 0 Å². The SMILES string of the molecule is C[C@H](Cc1cn(C(=O)O)c2ccccc12)NC(=O)C=Cc1cccc(O)c1. The van der Waals surface area contributed by atoms with Crippen LogP contribution in [0.2, 0.25) is 0 Å². The first-order chi connectivity index (χ1) is 12.9. The number of carboxylic acid groups (broad SMARTS) is 1. The third kappa shape index (κ3) is 4.36. The van der Waals surface area contributed by atoms with Crippen LogP contribution in [-0.2, 0) is 11.2 Å². The standard InChI is InChI=1S/C21H20N2O4/c1-14(22-20(25)10-9-15-5-4-6-17(24)12-15)11-16-13-23(21(26)27)19-8-3-2-7-18(16)19/h2-10,12-14,24H,11H2,1H3,(H,22,25)(H,26,27)/t14-/m1/s1. The number of aromatic nitrogens is 1. The molecule has 0 spiro atoms. The Kier molecular flexibility index (Phi) is 5.26. The number of amides is 1. The molecule has 0 saturated heterocycles. The van der Waals surface area contributed by atoms with E-state index in [1.165, 1.54) is 10.6 Å². The highest BCUT2D eigenvalue weighted by Crippen LogP contribution is 2.22. The maximum Gasteiger partial charge on any atom is 0.416 e. The van der Waals surface area contributed by atoms with Gasteiger partial charge in [-0.3, -0.25) is 9.36 Å². The fraction of sp³-hybridized carbons (Fsp3) is 0.143. The van der Waals surface area contributed by atoms with Gasteiger partial charge < -0.3 is 15.5 Å². The topological polar surface area (TPSA) is 91.6 Å². The van der Waals surface area contributed by atoms with Crippen LogP contribution in [-0.4, -0.2) is 32.8 Å². The number of carbonyl (C=O) groups excluding carboxylic acids is 1. The molecule has 0 bridgehead atoms. The summed E-state index contributed by atoms with van der Waals surface area (Å²) in [7, 11) is 0. The quantitative estimate of drug-likeness (QED) is 0.603. The highest BCUT2D eigenvalue weighted by molar-refractivity contribution is 5.93. The van der Waals surface area contributed by atoms with Crippen LogP contribution < -0.4 is 5.32 Å². The number of nitrogens with zero attached hydrogens (tertiary/aromatic N) is 1. The van der Waals surface area contributed by atoms with Crippen LogP contribution in [0.1, 0.15) is 18.1 Å². The highest BCUT2D eigenvalue weighted by atomic mass is 16.4. The lowest BCUT2D eigenvalue weighted by Gasteiger charge is -2.12. The predicted molar refractivity (Wildman–Crippen MR) is 104 cm³/mol. The average molecular weight is 364 g/mol. The molecule has 2 aromatic carbocycles. The molecule has 0 radical (unpaired) electrons. The van der Waals surface area contributed by atoms with Crippen molar-refractivity contribution in [3.8, 4) is 5.75 Å². The van der Waals surface area contributed by atoms with Crippen molar-refractivity contribution in [1.29, 1.82) is 0 Å². The van der Waals surface area contributed by atoms with Gasteiger partial charge in [-0.2, -0.15) is 0 Å². The minimum Gasteiger partial charge on any atom is -0.508 e. The maximum atomic E-state index is 12.1. The molecule has 6 nitrogen and oxygen atoms in total. The first-order valence-corrected chi connectivity index (χ1v) is 8.54. The minimum atomic E-state index is -1.04. The van der Waals surface area contributed by atoms with Crippen LogP contribution in [0, 0.1) is 0 Å². The van der Waals surface area contributed by atoms with Gasteiger partial charge in [0, 0.05) is 23.7 Å².